The van der Waals surface area contributed by atoms with Gasteiger partial charge in [0.25, 0.3) is 0 Å². The van der Waals surface area contributed by atoms with Gasteiger partial charge in [0.2, 0.25) is 5.76 Å². The first-order chi connectivity index (χ1) is 7.80. The fourth-order valence-electron chi connectivity index (χ4n) is 2.11. The lowest BCUT2D eigenvalue weighted by Gasteiger charge is -2.18. The molecule has 0 saturated carbocycles. The minimum Gasteiger partial charge on any atom is -0.475 e. The lowest BCUT2D eigenvalue weighted by Crippen LogP contribution is -2.15. The highest BCUT2D eigenvalue weighted by Gasteiger charge is 2.28. The Bertz CT molecular complexity index is 585. The Morgan fingerprint density at radius 2 is 1.94 bits per heavy atom. The van der Waals surface area contributed by atoms with Gasteiger partial charge < -0.3 is 9.52 Å². The maximum absolute atomic E-state index is 11.2. The van der Waals surface area contributed by atoms with Gasteiger partial charge in [-0.3, -0.25) is 0 Å². The van der Waals surface area contributed by atoms with E-state index >= 15 is 0 Å². The number of aromatic carboxylic acids is 1. The SMILES string of the molecule is Cc1ccc2oc(C(=O)O)c(C(C)(C)C)c2c1. The zero-order valence-electron chi connectivity index (χ0n) is 10.5. The molecule has 0 unspecified atom stereocenters. The van der Waals surface area contributed by atoms with E-state index in [-0.39, 0.29) is 11.2 Å². The molecular formula is C14H16O3. The van der Waals surface area contributed by atoms with Crippen LogP contribution < -0.4 is 0 Å². The number of carboxylic acid groups (broad SMARTS) is 1. The van der Waals surface area contributed by atoms with Gasteiger partial charge in [0.05, 0.1) is 0 Å². The van der Waals surface area contributed by atoms with Gasteiger partial charge >= 0.3 is 5.97 Å². The molecule has 1 aromatic carbocycles. The van der Waals surface area contributed by atoms with Crippen molar-refractivity contribution in [2.75, 3.05) is 0 Å². The minimum absolute atomic E-state index is 0.0538. The van der Waals surface area contributed by atoms with Crippen LogP contribution in [0.3, 0.4) is 0 Å². The molecule has 0 amide bonds. The molecule has 2 rings (SSSR count). The van der Waals surface area contributed by atoms with Crippen LogP contribution in [-0.4, -0.2) is 11.1 Å². The number of benzene rings is 1. The Balaban J connectivity index is 2.87. The summed E-state index contributed by atoms with van der Waals surface area (Å²) in [7, 11) is 0. The predicted octanol–water partition coefficient (Wildman–Crippen LogP) is 3.74. The molecule has 3 heteroatoms. The van der Waals surface area contributed by atoms with Crippen LogP contribution in [0.5, 0.6) is 0 Å². The van der Waals surface area contributed by atoms with Gasteiger partial charge in [0, 0.05) is 10.9 Å². The van der Waals surface area contributed by atoms with Crippen molar-refractivity contribution in [3.63, 3.8) is 0 Å². The van der Waals surface area contributed by atoms with Crippen LogP contribution >= 0.6 is 0 Å². The van der Waals surface area contributed by atoms with Crippen molar-refractivity contribution >= 4 is 16.9 Å². The molecule has 0 aliphatic heterocycles. The van der Waals surface area contributed by atoms with E-state index in [0.29, 0.717) is 5.58 Å². The molecule has 3 nitrogen and oxygen atoms in total. The number of hydrogen-bond donors (Lipinski definition) is 1. The number of hydrogen-bond acceptors (Lipinski definition) is 2. The Morgan fingerprint density at radius 1 is 1.29 bits per heavy atom. The van der Waals surface area contributed by atoms with Crippen molar-refractivity contribution in [2.45, 2.75) is 33.1 Å². The van der Waals surface area contributed by atoms with E-state index in [0.717, 1.165) is 16.5 Å². The Hall–Kier alpha value is -1.77. The highest BCUT2D eigenvalue weighted by molar-refractivity contribution is 5.96. The molecule has 0 saturated heterocycles. The third kappa shape index (κ3) is 1.93. The summed E-state index contributed by atoms with van der Waals surface area (Å²) in [5.74, 6) is -0.957. The smallest absolute Gasteiger partial charge is 0.372 e. The zero-order valence-corrected chi connectivity index (χ0v) is 10.5. The normalized spacial score (nSPS) is 12.0. The van der Waals surface area contributed by atoms with E-state index in [1.807, 2.05) is 45.9 Å². The number of furan rings is 1. The molecule has 0 spiro atoms. The molecular weight excluding hydrogens is 216 g/mol. The molecule has 1 N–H and O–H groups in total. The van der Waals surface area contributed by atoms with E-state index in [9.17, 15) is 9.90 Å². The molecule has 0 aliphatic carbocycles. The molecule has 0 fully saturated rings. The maximum atomic E-state index is 11.2. The number of carboxylic acids is 1. The second-order valence-corrected chi connectivity index (χ2v) is 5.36. The van der Waals surface area contributed by atoms with Gasteiger partial charge in [-0.15, -0.1) is 0 Å². The zero-order chi connectivity index (χ0) is 12.8. The summed E-state index contributed by atoms with van der Waals surface area (Å²) in [6.07, 6.45) is 0. The fraction of sp³-hybridized carbons (Fsp3) is 0.357. The highest BCUT2D eigenvalue weighted by Crippen LogP contribution is 2.35. The van der Waals surface area contributed by atoms with Gasteiger partial charge in [0.1, 0.15) is 5.58 Å². The Morgan fingerprint density at radius 3 is 2.47 bits per heavy atom. The van der Waals surface area contributed by atoms with Gasteiger partial charge in [-0.2, -0.15) is 0 Å². The summed E-state index contributed by atoms with van der Waals surface area (Å²) in [4.78, 5) is 11.2. The first-order valence-corrected chi connectivity index (χ1v) is 5.57. The lowest BCUT2D eigenvalue weighted by atomic mass is 9.84. The summed E-state index contributed by atoms with van der Waals surface area (Å²) >= 11 is 0. The standard InChI is InChI=1S/C14H16O3/c1-8-5-6-10-9(7-8)11(14(2,3)4)12(17-10)13(15)16/h5-7H,1-4H3,(H,15,16). The molecule has 0 aliphatic rings. The van der Waals surface area contributed by atoms with Crippen molar-refractivity contribution in [3.05, 3.63) is 35.1 Å². The largest absolute Gasteiger partial charge is 0.475 e. The minimum atomic E-state index is -1.01. The molecule has 2 aromatic rings. The van der Waals surface area contributed by atoms with Crippen LogP contribution in [0, 0.1) is 6.92 Å². The molecule has 0 radical (unpaired) electrons. The van der Waals surface area contributed by atoms with Gasteiger partial charge in [0.15, 0.2) is 0 Å². The Kier molecular flexibility index (Phi) is 2.49. The quantitative estimate of drug-likeness (QED) is 0.814. The number of aryl methyl sites for hydroxylation is 1. The van der Waals surface area contributed by atoms with Gasteiger partial charge in [-0.25, -0.2) is 4.79 Å². The van der Waals surface area contributed by atoms with E-state index in [1.165, 1.54) is 0 Å². The van der Waals surface area contributed by atoms with E-state index in [1.54, 1.807) is 0 Å². The average molecular weight is 232 g/mol. The van der Waals surface area contributed by atoms with Crippen molar-refractivity contribution in [3.8, 4) is 0 Å². The Labute approximate surface area is 100 Å². The van der Waals surface area contributed by atoms with Crippen molar-refractivity contribution in [1.29, 1.82) is 0 Å². The first-order valence-electron chi connectivity index (χ1n) is 5.57. The van der Waals surface area contributed by atoms with E-state index in [2.05, 4.69) is 0 Å². The first kappa shape index (κ1) is 11.7. The third-order valence-corrected chi connectivity index (χ3v) is 2.79. The summed E-state index contributed by atoms with van der Waals surface area (Å²) in [6, 6.07) is 5.72. The van der Waals surface area contributed by atoms with Crippen LogP contribution in [0.1, 0.15) is 42.5 Å². The summed E-state index contributed by atoms with van der Waals surface area (Å²) in [6.45, 7) is 7.96. The third-order valence-electron chi connectivity index (χ3n) is 2.79. The van der Waals surface area contributed by atoms with Gasteiger partial charge in [-0.05, 0) is 24.5 Å². The van der Waals surface area contributed by atoms with E-state index in [4.69, 9.17) is 4.42 Å². The van der Waals surface area contributed by atoms with Crippen molar-refractivity contribution < 1.29 is 14.3 Å². The maximum Gasteiger partial charge on any atom is 0.372 e. The second-order valence-electron chi connectivity index (χ2n) is 5.36. The van der Waals surface area contributed by atoms with Crippen molar-refractivity contribution in [1.82, 2.24) is 0 Å². The summed E-state index contributed by atoms with van der Waals surface area (Å²) in [5.41, 5.74) is 2.25. The average Bonchev–Trinajstić information content (AvgIpc) is 2.55. The second kappa shape index (κ2) is 3.62. The van der Waals surface area contributed by atoms with Crippen LogP contribution in [0.25, 0.3) is 11.0 Å². The molecule has 17 heavy (non-hydrogen) atoms. The van der Waals surface area contributed by atoms with Crippen molar-refractivity contribution in [2.24, 2.45) is 0 Å². The number of carbonyl (C=O) groups is 1. The molecule has 1 aromatic heterocycles. The predicted molar refractivity (Wildman–Crippen MR) is 66.6 cm³/mol. The van der Waals surface area contributed by atoms with Crippen LogP contribution in [0.4, 0.5) is 0 Å². The molecule has 0 atom stereocenters. The monoisotopic (exact) mass is 232 g/mol. The number of fused-ring (bicyclic) bond motifs is 1. The van der Waals surface area contributed by atoms with Gasteiger partial charge in [-0.1, -0.05) is 32.4 Å². The van der Waals surface area contributed by atoms with Crippen LogP contribution in [-0.2, 0) is 5.41 Å². The number of rotatable bonds is 1. The van der Waals surface area contributed by atoms with E-state index < -0.39 is 5.97 Å². The molecule has 1 heterocycles. The topological polar surface area (TPSA) is 50.4 Å². The summed E-state index contributed by atoms with van der Waals surface area (Å²) in [5, 5.41) is 10.1. The fourth-order valence-corrected chi connectivity index (χ4v) is 2.11. The summed E-state index contributed by atoms with van der Waals surface area (Å²) < 4.78 is 5.44. The molecule has 0 bridgehead atoms. The molecule has 90 valence electrons. The highest BCUT2D eigenvalue weighted by atomic mass is 16.4. The van der Waals surface area contributed by atoms with Crippen LogP contribution in [0.2, 0.25) is 0 Å². The van der Waals surface area contributed by atoms with Crippen LogP contribution in [0.15, 0.2) is 22.6 Å². The lowest BCUT2D eigenvalue weighted by molar-refractivity contribution is 0.0661.